The summed E-state index contributed by atoms with van der Waals surface area (Å²) in [5.41, 5.74) is 0. The van der Waals surface area contributed by atoms with E-state index in [2.05, 4.69) is 5.32 Å². The number of hydrogen-bond donors (Lipinski definition) is 1. The van der Waals surface area contributed by atoms with Gasteiger partial charge in [-0.2, -0.15) is 17.0 Å². The number of hydrogen-bond acceptors (Lipinski definition) is 4. The van der Waals surface area contributed by atoms with Crippen molar-refractivity contribution in [3.63, 3.8) is 0 Å². The first-order valence-corrected chi connectivity index (χ1v) is 9.74. The molecule has 0 spiro atoms. The second-order valence-corrected chi connectivity index (χ2v) is 8.26. The first kappa shape index (κ1) is 16.2. The number of rotatable bonds is 3. The van der Waals surface area contributed by atoms with Crippen molar-refractivity contribution in [1.82, 2.24) is 18.8 Å². The maximum Gasteiger partial charge on any atom is 0.282 e. The zero-order valence-corrected chi connectivity index (χ0v) is 13.9. The van der Waals surface area contributed by atoms with Crippen LogP contribution in [0.3, 0.4) is 0 Å². The number of likely N-dealkylation sites (tertiary alicyclic amines) is 1. The molecule has 0 aliphatic carbocycles. The first-order chi connectivity index (χ1) is 10.6. The molecule has 22 heavy (non-hydrogen) atoms. The summed E-state index contributed by atoms with van der Waals surface area (Å²) in [6.45, 7) is 4.44. The van der Waals surface area contributed by atoms with Crippen LogP contribution in [0.15, 0.2) is 0 Å². The summed E-state index contributed by atoms with van der Waals surface area (Å²) < 4.78 is 28.4. The average Bonchev–Trinajstić information content (AvgIpc) is 2.56. The van der Waals surface area contributed by atoms with Crippen LogP contribution in [0.1, 0.15) is 32.1 Å². The minimum absolute atomic E-state index is 0.224. The standard InChI is InChI=1S/C14H26N4O3S/c19-14-3-1-2-8-18(14)13-4-9-16(10-5-13)22(20,21)17-11-6-15-7-12-17/h13,15H,1-12H2. The van der Waals surface area contributed by atoms with Crippen molar-refractivity contribution >= 4 is 16.1 Å². The van der Waals surface area contributed by atoms with Gasteiger partial charge < -0.3 is 10.2 Å². The van der Waals surface area contributed by atoms with Crippen LogP contribution >= 0.6 is 0 Å². The summed E-state index contributed by atoms with van der Waals surface area (Å²) in [5, 5.41) is 3.18. The van der Waals surface area contributed by atoms with Crippen LogP contribution < -0.4 is 5.32 Å². The molecule has 3 aliphatic rings. The molecule has 8 heteroatoms. The Labute approximate surface area is 132 Å². The predicted octanol–water partition coefficient (Wildman–Crippen LogP) is -0.387. The van der Waals surface area contributed by atoms with Gasteiger partial charge in [-0.15, -0.1) is 0 Å². The lowest BCUT2D eigenvalue weighted by Gasteiger charge is -2.41. The monoisotopic (exact) mass is 330 g/mol. The summed E-state index contributed by atoms with van der Waals surface area (Å²) >= 11 is 0. The molecule has 3 saturated heterocycles. The number of nitrogens with one attached hydrogen (secondary N) is 1. The molecule has 1 amide bonds. The van der Waals surface area contributed by atoms with Gasteiger partial charge >= 0.3 is 0 Å². The molecule has 0 aromatic rings. The van der Waals surface area contributed by atoms with Crippen LogP contribution in [0.2, 0.25) is 0 Å². The molecule has 7 nitrogen and oxygen atoms in total. The Hall–Kier alpha value is -0.700. The van der Waals surface area contributed by atoms with E-state index in [1.54, 1.807) is 8.61 Å². The highest BCUT2D eigenvalue weighted by atomic mass is 32.2. The van der Waals surface area contributed by atoms with Gasteiger partial charge in [0.05, 0.1) is 0 Å². The molecule has 3 aliphatic heterocycles. The van der Waals surface area contributed by atoms with Crippen LogP contribution in [-0.4, -0.2) is 79.7 Å². The van der Waals surface area contributed by atoms with Crippen molar-refractivity contribution in [2.75, 3.05) is 45.8 Å². The first-order valence-electron chi connectivity index (χ1n) is 8.34. The van der Waals surface area contributed by atoms with E-state index in [4.69, 9.17) is 0 Å². The molecule has 0 aromatic carbocycles. The van der Waals surface area contributed by atoms with E-state index in [1.165, 1.54) is 0 Å². The molecular weight excluding hydrogens is 304 g/mol. The smallest absolute Gasteiger partial charge is 0.282 e. The molecule has 3 heterocycles. The number of amides is 1. The third kappa shape index (κ3) is 3.29. The van der Waals surface area contributed by atoms with Crippen molar-refractivity contribution in [2.24, 2.45) is 0 Å². The summed E-state index contributed by atoms with van der Waals surface area (Å²) in [4.78, 5) is 14.0. The molecule has 0 atom stereocenters. The van der Waals surface area contributed by atoms with Gasteiger partial charge in [-0.1, -0.05) is 0 Å². The highest BCUT2D eigenvalue weighted by Gasteiger charge is 2.36. The molecule has 3 rings (SSSR count). The van der Waals surface area contributed by atoms with E-state index >= 15 is 0 Å². The number of carbonyl (C=O) groups excluding carboxylic acids is 1. The minimum atomic E-state index is -3.33. The Bertz CT molecular complexity index is 496. The van der Waals surface area contributed by atoms with Crippen LogP contribution in [0.25, 0.3) is 0 Å². The van der Waals surface area contributed by atoms with Gasteiger partial charge in [0.15, 0.2) is 0 Å². The van der Waals surface area contributed by atoms with Crippen molar-refractivity contribution < 1.29 is 13.2 Å². The zero-order valence-electron chi connectivity index (χ0n) is 13.0. The molecule has 0 aromatic heterocycles. The van der Waals surface area contributed by atoms with E-state index in [0.29, 0.717) is 32.6 Å². The summed E-state index contributed by atoms with van der Waals surface area (Å²) in [7, 11) is -3.33. The van der Waals surface area contributed by atoms with Crippen LogP contribution in [0.5, 0.6) is 0 Å². The average molecular weight is 330 g/mol. The van der Waals surface area contributed by atoms with E-state index in [0.717, 1.165) is 45.3 Å². The second-order valence-electron chi connectivity index (χ2n) is 6.33. The third-order valence-electron chi connectivity index (χ3n) is 4.95. The number of carbonyl (C=O) groups is 1. The fourth-order valence-corrected chi connectivity index (χ4v) is 5.28. The highest BCUT2D eigenvalue weighted by molar-refractivity contribution is 7.86. The second kappa shape index (κ2) is 6.82. The Morgan fingerprint density at radius 3 is 2.18 bits per heavy atom. The van der Waals surface area contributed by atoms with E-state index in [1.807, 2.05) is 4.90 Å². The molecule has 0 bridgehead atoms. The maximum absolute atomic E-state index is 12.6. The lowest BCUT2D eigenvalue weighted by molar-refractivity contribution is -0.136. The van der Waals surface area contributed by atoms with Gasteiger partial charge in [0.2, 0.25) is 5.91 Å². The summed E-state index contributed by atoms with van der Waals surface area (Å²) in [5.74, 6) is 0.245. The van der Waals surface area contributed by atoms with Gasteiger partial charge in [0.25, 0.3) is 10.2 Å². The Balaban J connectivity index is 1.57. The van der Waals surface area contributed by atoms with Crippen molar-refractivity contribution in [3.05, 3.63) is 0 Å². The lowest BCUT2D eigenvalue weighted by atomic mass is 10.0. The molecule has 0 saturated carbocycles. The van der Waals surface area contributed by atoms with Gasteiger partial charge in [0, 0.05) is 58.3 Å². The van der Waals surface area contributed by atoms with E-state index in [9.17, 15) is 13.2 Å². The van der Waals surface area contributed by atoms with Gasteiger partial charge in [0.1, 0.15) is 0 Å². The van der Waals surface area contributed by atoms with Crippen LogP contribution in [-0.2, 0) is 15.0 Å². The van der Waals surface area contributed by atoms with E-state index < -0.39 is 10.2 Å². The van der Waals surface area contributed by atoms with Crippen LogP contribution in [0.4, 0.5) is 0 Å². The minimum Gasteiger partial charge on any atom is -0.340 e. The number of piperidine rings is 2. The maximum atomic E-state index is 12.6. The predicted molar refractivity (Wildman–Crippen MR) is 83.5 cm³/mol. The fraction of sp³-hybridized carbons (Fsp3) is 0.929. The SMILES string of the molecule is O=C1CCCCN1C1CCN(S(=O)(=O)N2CCNCC2)CC1. The largest absolute Gasteiger partial charge is 0.340 e. The number of nitrogens with zero attached hydrogens (tertiary/aromatic N) is 3. The Morgan fingerprint density at radius 2 is 1.55 bits per heavy atom. The molecule has 3 fully saturated rings. The molecule has 1 N–H and O–H groups in total. The van der Waals surface area contributed by atoms with Crippen LogP contribution in [0, 0.1) is 0 Å². The van der Waals surface area contributed by atoms with E-state index in [-0.39, 0.29) is 11.9 Å². The van der Waals surface area contributed by atoms with Gasteiger partial charge in [-0.05, 0) is 25.7 Å². The van der Waals surface area contributed by atoms with Crippen molar-refractivity contribution in [3.8, 4) is 0 Å². The third-order valence-corrected chi connectivity index (χ3v) is 6.99. The summed E-state index contributed by atoms with van der Waals surface area (Å²) in [6.07, 6.45) is 4.24. The molecule has 0 unspecified atom stereocenters. The van der Waals surface area contributed by atoms with Crippen molar-refractivity contribution in [2.45, 2.75) is 38.1 Å². The quantitative estimate of drug-likeness (QED) is 0.765. The summed E-state index contributed by atoms with van der Waals surface area (Å²) in [6, 6.07) is 0.224. The molecule has 126 valence electrons. The highest BCUT2D eigenvalue weighted by Crippen LogP contribution is 2.24. The fourth-order valence-electron chi connectivity index (χ4n) is 3.64. The topological polar surface area (TPSA) is 73.0 Å². The molecular formula is C14H26N4O3S. The Morgan fingerprint density at radius 1 is 0.909 bits per heavy atom. The van der Waals surface area contributed by atoms with Gasteiger partial charge in [-0.25, -0.2) is 0 Å². The Kier molecular flexibility index (Phi) is 5.01. The number of piperazine rings is 1. The lowest BCUT2D eigenvalue weighted by Crippen LogP contribution is -2.55. The zero-order chi connectivity index (χ0) is 15.6. The molecule has 0 radical (unpaired) electrons. The normalized spacial score (nSPS) is 27.3. The van der Waals surface area contributed by atoms with Gasteiger partial charge in [-0.3, -0.25) is 4.79 Å². The van der Waals surface area contributed by atoms with Crippen molar-refractivity contribution in [1.29, 1.82) is 0 Å².